The van der Waals surface area contributed by atoms with E-state index < -0.39 is 0 Å². The molecule has 0 heterocycles. The SMILES string of the molecule is COc1ccc(C(N)CC(C)=O)cc1Br. The Labute approximate surface area is 97.7 Å². The first kappa shape index (κ1) is 12.2. The minimum Gasteiger partial charge on any atom is -0.496 e. The molecule has 0 saturated heterocycles. The van der Waals surface area contributed by atoms with Gasteiger partial charge < -0.3 is 10.5 Å². The van der Waals surface area contributed by atoms with E-state index in [0.29, 0.717) is 6.42 Å². The molecule has 1 aromatic rings. The number of hydrogen-bond donors (Lipinski definition) is 1. The van der Waals surface area contributed by atoms with Crippen LogP contribution in [0.2, 0.25) is 0 Å². The van der Waals surface area contributed by atoms with Gasteiger partial charge in [-0.15, -0.1) is 0 Å². The number of halogens is 1. The number of carbonyl (C=O) groups is 1. The minimum absolute atomic E-state index is 0.0921. The van der Waals surface area contributed by atoms with E-state index in [2.05, 4.69) is 15.9 Å². The molecule has 0 spiro atoms. The minimum atomic E-state index is -0.246. The van der Waals surface area contributed by atoms with Crippen molar-refractivity contribution in [3.8, 4) is 5.75 Å². The predicted molar refractivity (Wildman–Crippen MR) is 62.9 cm³/mol. The van der Waals surface area contributed by atoms with Crippen LogP contribution in [0.5, 0.6) is 5.75 Å². The number of ketones is 1. The second-order valence-electron chi connectivity index (χ2n) is 3.41. The molecule has 3 nitrogen and oxygen atoms in total. The summed E-state index contributed by atoms with van der Waals surface area (Å²) in [6.45, 7) is 1.54. The third-order valence-electron chi connectivity index (χ3n) is 2.11. The molecule has 15 heavy (non-hydrogen) atoms. The second kappa shape index (κ2) is 5.28. The molecule has 0 aliphatic heterocycles. The Bertz CT molecular complexity index is 366. The monoisotopic (exact) mass is 271 g/mol. The van der Waals surface area contributed by atoms with Crippen LogP contribution in [0.4, 0.5) is 0 Å². The lowest BCUT2D eigenvalue weighted by molar-refractivity contribution is -0.117. The molecule has 0 saturated carbocycles. The van der Waals surface area contributed by atoms with Crippen LogP contribution in [0.3, 0.4) is 0 Å². The van der Waals surface area contributed by atoms with Gasteiger partial charge in [-0.25, -0.2) is 0 Å². The maximum Gasteiger partial charge on any atom is 0.133 e. The Balaban J connectivity index is 2.87. The molecule has 1 atom stereocenters. The Morgan fingerprint density at radius 3 is 2.73 bits per heavy atom. The van der Waals surface area contributed by atoms with E-state index in [4.69, 9.17) is 10.5 Å². The Morgan fingerprint density at radius 2 is 2.27 bits per heavy atom. The van der Waals surface area contributed by atoms with Gasteiger partial charge in [0.2, 0.25) is 0 Å². The molecular weight excluding hydrogens is 258 g/mol. The summed E-state index contributed by atoms with van der Waals surface area (Å²) in [6, 6.07) is 5.34. The van der Waals surface area contributed by atoms with E-state index in [1.54, 1.807) is 14.0 Å². The van der Waals surface area contributed by atoms with Gasteiger partial charge in [0, 0.05) is 12.5 Å². The van der Waals surface area contributed by atoms with E-state index >= 15 is 0 Å². The zero-order valence-electron chi connectivity index (χ0n) is 8.79. The first-order valence-corrected chi connectivity index (χ1v) is 5.42. The number of Topliss-reactive ketones (excluding diaryl/α,β-unsaturated/α-hetero) is 1. The van der Waals surface area contributed by atoms with Gasteiger partial charge in [-0.3, -0.25) is 4.79 Å². The smallest absolute Gasteiger partial charge is 0.133 e. The van der Waals surface area contributed by atoms with Crippen molar-refractivity contribution in [2.45, 2.75) is 19.4 Å². The van der Waals surface area contributed by atoms with Crippen LogP contribution in [-0.2, 0) is 4.79 Å². The molecule has 0 fully saturated rings. The fraction of sp³-hybridized carbons (Fsp3) is 0.364. The molecule has 82 valence electrons. The average Bonchev–Trinajstić information content (AvgIpc) is 2.16. The molecule has 0 bridgehead atoms. The molecule has 1 aromatic carbocycles. The van der Waals surface area contributed by atoms with E-state index in [-0.39, 0.29) is 11.8 Å². The topological polar surface area (TPSA) is 52.3 Å². The summed E-state index contributed by atoms with van der Waals surface area (Å²) in [5.74, 6) is 0.850. The van der Waals surface area contributed by atoms with Crippen molar-refractivity contribution >= 4 is 21.7 Å². The molecule has 1 unspecified atom stereocenters. The van der Waals surface area contributed by atoms with E-state index in [0.717, 1.165) is 15.8 Å². The first-order chi connectivity index (χ1) is 7.04. The second-order valence-corrected chi connectivity index (χ2v) is 4.26. The highest BCUT2D eigenvalue weighted by Gasteiger charge is 2.10. The molecule has 4 heteroatoms. The number of benzene rings is 1. The molecule has 0 aliphatic carbocycles. The number of rotatable bonds is 4. The summed E-state index contributed by atoms with van der Waals surface area (Å²) in [5, 5.41) is 0. The van der Waals surface area contributed by atoms with Gasteiger partial charge in [-0.05, 0) is 40.5 Å². The zero-order valence-corrected chi connectivity index (χ0v) is 10.4. The summed E-state index contributed by atoms with van der Waals surface area (Å²) in [6.07, 6.45) is 0.360. The summed E-state index contributed by atoms with van der Waals surface area (Å²) in [5.41, 5.74) is 6.80. The van der Waals surface area contributed by atoms with Crippen molar-refractivity contribution in [2.75, 3.05) is 7.11 Å². The maximum absolute atomic E-state index is 10.9. The van der Waals surface area contributed by atoms with E-state index in [1.807, 2.05) is 18.2 Å². The standard InChI is InChI=1S/C11H14BrNO2/c1-7(14)5-10(13)8-3-4-11(15-2)9(12)6-8/h3-4,6,10H,5,13H2,1-2H3. The fourth-order valence-corrected chi connectivity index (χ4v) is 1.90. The molecule has 1 rings (SSSR count). The lowest BCUT2D eigenvalue weighted by atomic mass is 10.0. The van der Waals surface area contributed by atoms with Gasteiger partial charge in [0.25, 0.3) is 0 Å². The first-order valence-electron chi connectivity index (χ1n) is 4.63. The Hall–Kier alpha value is -0.870. The Kier molecular flexibility index (Phi) is 4.29. The van der Waals surface area contributed by atoms with Gasteiger partial charge in [0.05, 0.1) is 11.6 Å². The van der Waals surface area contributed by atoms with Crippen LogP contribution in [0, 0.1) is 0 Å². The van der Waals surface area contributed by atoms with Crippen molar-refractivity contribution in [3.63, 3.8) is 0 Å². The van der Waals surface area contributed by atoms with Crippen molar-refractivity contribution in [2.24, 2.45) is 5.73 Å². The van der Waals surface area contributed by atoms with Gasteiger partial charge in [0.1, 0.15) is 11.5 Å². The number of nitrogens with two attached hydrogens (primary N) is 1. The molecule has 0 radical (unpaired) electrons. The highest BCUT2D eigenvalue weighted by atomic mass is 79.9. The van der Waals surface area contributed by atoms with Crippen LogP contribution in [0.15, 0.2) is 22.7 Å². The van der Waals surface area contributed by atoms with Crippen LogP contribution < -0.4 is 10.5 Å². The number of hydrogen-bond acceptors (Lipinski definition) is 3. The normalized spacial score (nSPS) is 12.3. The average molecular weight is 272 g/mol. The fourth-order valence-electron chi connectivity index (χ4n) is 1.34. The van der Waals surface area contributed by atoms with E-state index in [9.17, 15) is 4.79 Å². The molecule has 0 aliphatic rings. The lowest BCUT2D eigenvalue weighted by Crippen LogP contribution is -2.13. The molecular formula is C11H14BrNO2. The Morgan fingerprint density at radius 1 is 1.60 bits per heavy atom. The van der Waals surface area contributed by atoms with Gasteiger partial charge >= 0.3 is 0 Å². The van der Waals surface area contributed by atoms with Crippen molar-refractivity contribution in [1.29, 1.82) is 0 Å². The largest absolute Gasteiger partial charge is 0.496 e. The van der Waals surface area contributed by atoms with Gasteiger partial charge in [-0.1, -0.05) is 6.07 Å². The van der Waals surface area contributed by atoms with Crippen LogP contribution in [0.25, 0.3) is 0 Å². The molecule has 0 amide bonds. The van der Waals surface area contributed by atoms with Crippen LogP contribution in [-0.4, -0.2) is 12.9 Å². The molecule has 2 N–H and O–H groups in total. The highest BCUT2D eigenvalue weighted by molar-refractivity contribution is 9.10. The number of ether oxygens (including phenoxy) is 1. The predicted octanol–water partition coefficient (Wildman–Crippen LogP) is 2.44. The summed E-state index contributed by atoms with van der Waals surface area (Å²) in [4.78, 5) is 10.9. The number of carbonyl (C=O) groups excluding carboxylic acids is 1. The highest BCUT2D eigenvalue weighted by Crippen LogP contribution is 2.28. The summed E-state index contributed by atoms with van der Waals surface area (Å²) in [7, 11) is 1.61. The van der Waals surface area contributed by atoms with Gasteiger partial charge in [-0.2, -0.15) is 0 Å². The van der Waals surface area contributed by atoms with Crippen molar-refractivity contribution < 1.29 is 9.53 Å². The third-order valence-corrected chi connectivity index (χ3v) is 2.73. The maximum atomic E-state index is 10.9. The van der Waals surface area contributed by atoms with E-state index in [1.165, 1.54) is 0 Å². The quantitative estimate of drug-likeness (QED) is 0.915. The summed E-state index contributed by atoms with van der Waals surface area (Å²) < 4.78 is 5.95. The zero-order chi connectivity index (χ0) is 11.4. The van der Waals surface area contributed by atoms with Crippen LogP contribution in [0.1, 0.15) is 24.9 Å². The van der Waals surface area contributed by atoms with Crippen molar-refractivity contribution in [3.05, 3.63) is 28.2 Å². The van der Waals surface area contributed by atoms with Crippen molar-refractivity contribution in [1.82, 2.24) is 0 Å². The third kappa shape index (κ3) is 3.32. The molecule has 0 aromatic heterocycles. The number of methoxy groups -OCH3 is 1. The lowest BCUT2D eigenvalue weighted by Gasteiger charge is -2.12. The van der Waals surface area contributed by atoms with Gasteiger partial charge in [0.15, 0.2) is 0 Å². The summed E-state index contributed by atoms with van der Waals surface area (Å²) >= 11 is 3.38. The van der Waals surface area contributed by atoms with Crippen LogP contribution >= 0.6 is 15.9 Å².